The van der Waals surface area contributed by atoms with Gasteiger partial charge in [0.1, 0.15) is 12.2 Å². The molecule has 1 fully saturated rings. The summed E-state index contributed by atoms with van der Waals surface area (Å²) < 4.78 is 15.8. The molecule has 1 heterocycles. The summed E-state index contributed by atoms with van der Waals surface area (Å²) in [5, 5.41) is 12.4. The molecule has 0 atom stereocenters. The van der Waals surface area contributed by atoms with Gasteiger partial charge in [0.15, 0.2) is 11.5 Å². The van der Waals surface area contributed by atoms with E-state index in [-0.39, 0.29) is 29.4 Å². The zero-order valence-corrected chi connectivity index (χ0v) is 18.8. The zero-order chi connectivity index (χ0) is 23.1. The van der Waals surface area contributed by atoms with Gasteiger partial charge in [-0.3, -0.25) is 19.8 Å². The molecule has 0 saturated carbocycles. The van der Waals surface area contributed by atoms with Crippen molar-refractivity contribution >= 4 is 23.2 Å². The molecule has 9 nitrogen and oxygen atoms in total. The van der Waals surface area contributed by atoms with Crippen molar-refractivity contribution in [2.75, 3.05) is 53.6 Å². The highest BCUT2D eigenvalue weighted by molar-refractivity contribution is 6.30. The summed E-state index contributed by atoms with van der Waals surface area (Å²) in [7, 11) is 2.95. The third-order valence-corrected chi connectivity index (χ3v) is 5.49. The molecular formula is C22H26ClN3O6. The van der Waals surface area contributed by atoms with Gasteiger partial charge < -0.3 is 19.1 Å². The van der Waals surface area contributed by atoms with Gasteiger partial charge >= 0.3 is 0 Å². The number of nitrogens with zero attached hydrogens (tertiary/aromatic N) is 3. The molecule has 2 aromatic rings. The van der Waals surface area contributed by atoms with E-state index in [0.29, 0.717) is 37.8 Å². The van der Waals surface area contributed by atoms with Crippen molar-refractivity contribution in [3.8, 4) is 11.5 Å². The number of halogens is 1. The third kappa shape index (κ3) is 5.87. The van der Waals surface area contributed by atoms with Crippen LogP contribution < -0.4 is 9.47 Å². The number of carbonyl (C=O) groups is 1. The standard InChI is InChI=1S/C22H26ClN3O6/c1-30-11-12-32-21-14-19(26(28)29)18(13-20(21)31-2)22(27)25-9-7-24(8-10-25)15-16-3-5-17(23)6-4-16/h3-6,13-14H,7-12,15H2,1-2H3. The maximum atomic E-state index is 13.1. The third-order valence-electron chi connectivity index (χ3n) is 5.23. The van der Waals surface area contributed by atoms with Crippen LogP contribution in [0.4, 0.5) is 5.69 Å². The molecule has 0 unspecified atom stereocenters. The second kappa shape index (κ2) is 11.1. The molecule has 10 heteroatoms. The highest BCUT2D eigenvalue weighted by Gasteiger charge is 2.30. The summed E-state index contributed by atoms with van der Waals surface area (Å²) in [5.41, 5.74) is 0.808. The van der Waals surface area contributed by atoms with E-state index in [1.54, 1.807) is 4.90 Å². The van der Waals surface area contributed by atoms with E-state index in [1.165, 1.54) is 26.4 Å². The number of methoxy groups -OCH3 is 2. The first kappa shape index (κ1) is 23.8. The molecule has 1 aliphatic heterocycles. The Bertz CT molecular complexity index is 945. The highest BCUT2D eigenvalue weighted by atomic mass is 35.5. The second-order valence-electron chi connectivity index (χ2n) is 7.31. The summed E-state index contributed by atoms with van der Waals surface area (Å²) >= 11 is 5.94. The molecule has 1 amide bonds. The fourth-order valence-corrected chi connectivity index (χ4v) is 3.63. The lowest BCUT2D eigenvalue weighted by molar-refractivity contribution is -0.385. The largest absolute Gasteiger partial charge is 0.493 e. The Balaban J connectivity index is 1.71. The van der Waals surface area contributed by atoms with Crippen LogP contribution >= 0.6 is 11.6 Å². The first-order chi connectivity index (χ1) is 15.4. The van der Waals surface area contributed by atoms with Gasteiger partial charge in [0.2, 0.25) is 0 Å². The number of nitro benzene ring substituents is 1. The van der Waals surface area contributed by atoms with Crippen molar-refractivity contribution in [1.82, 2.24) is 9.80 Å². The number of nitro groups is 1. The molecule has 0 aromatic heterocycles. The van der Waals surface area contributed by atoms with Gasteiger partial charge in [0.25, 0.3) is 11.6 Å². The van der Waals surface area contributed by atoms with Gasteiger partial charge in [-0.25, -0.2) is 0 Å². The first-order valence-corrected chi connectivity index (χ1v) is 10.5. The number of amides is 1. The van der Waals surface area contributed by atoms with E-state index >= 15 is 0 Å². The van der Waals surface area contributed by atoms with Crippen LogP contribution in [0.2, 0.25) is 5.02 Å². The predicted molar refractivity (Wildman–Crippen MR) is 120 cm³/mol. The number of hydrogen-bond donors (Lipinski definition) is 0. The van der Waals surface area contributed by atoms with E-state index in [0.717, 1.165) is 12.1 Å². The zero-order valence-electron chi connectivity index (χ0n) is 18.1. The van der Waals surface area contributed by atoms with Crippen LogP contribution in [0, 0.1) is 10.1 Å². The molecular weight excluding hydrogens is 438 g/mol. The lowest BCUT2D eigenvalue weighted by Crippen LogP contribution is -2.48. The molecule has 3 rings (SSSR count). The summed E-state index contributed by atoms with van der Waals surface area (Å²) in [5.74, 6) is 0.0570. The maximum Gasteiger partial charge on any atom is 0.286 e. The molecule has 32 heavy (non-hydrogen) atoms. The van der Waals surface area contributed by atoms with Crippen LogP contribution in [0.1, 0.15) is 15.9 Å². The second-order valence-corrected chi connectivity index (χ2v) is 7.75. The van der Waals surface area contributed by atoms with Gasteiger partial charge in [0, 0.05) is 50.9 Å². The van der Waals surface area contributed by atoms with Crippen LogP contribution in [-0.4, -0.2) is 74.2 Å². The maximum absolute atomic E-state index is 13.1. The fourth-order valence-electron chi connectivity index (χ4n) is 3.51. The Morgan fingerprint density at radius 3 is 2.34 bits per heavy atom. The summed E-state index contributed by atoms with van der Waals surface area (Å²) in [6.07, 6.45) is 0. The number of carbonyl (C=O) groups excluding carboxylic acids is 1. The van der Waals surface area contributed by atoms with E-state index < -0.39 is 10.8 Å². The molecule has 0 aliphatic carbocycles. The van der Waals surface area contributed by atoms with E-state index in [4.69, 9.17) is 25.8 Å². The number of benzene rings is 2. The lowest BCUT2D eigenvalue weighted by atomic mass is 10.1. The van der Waals surface area contributed by atoms with E-state index in [2.05, 4.69) is 4.90 Å². The Kier molecular flexibility index (Phi) is 8.26. The van der Waals surface area contributed by atoms with E-state index in [9.17, 15) is 14.9 Å². The molecule has 0 spiro atoms. The van der Waals surface area contributed by atoms with E-state index in [1.807, 2.05) is 24.3 Å². The van der Waals surface area contributed by atoms with Crippen molar-refractivity contribution in [2.24, 2.45) is 0 Å². The predicted octanol–water partition coefficient (Wildman–Crippen LogP) is 3.24. The molecule has 1 saturated heterocycles. The molecule has 2 aromatic carbocycles. The number of hydrogen-bond acceptors (Lipinski definition) is 7. The SMILES string of the molecule is COCCOc1cc([N+](=O)[O-])c(C(=O)N2CCN(Cc3ccc(Cl)cc3)CC2)cc1OC. The van der Waals surface area contributed by atoms with Gasteiger partial charge in [-0.15, -0.1) is 0 Å². The Morgan fingerprint density at radius 2 is 1.75 bits per heavy atom. The number of rotatable bonds is 9. The Morgan fingerprint density at radius 1 is 1.06 bits per heavy atom. The average molecular weight is 464 g/mol. The molecule has 0 N–H and O–H groups in total. The lowest BCUT2D eigenvalue weighted by Gasteiger charge is -2.34. The minimum absolute atomic E-state index is 0.0166. The van der Waals surface area contributed by atoms with Crippen LogP contribution in [0.15, 0.2) is 36.4 Å². The van der Waals surface area contributed by atoms with Crippen LogP contribution in [0.25, 0.3) is 0 Å². The van der Waals surface area contributed by atoms with Gasteiger partial charge in [-0.05, 0) is 17.7 Å². The average Bonchev–Trinajstić information content (AvgIpc) is 2.80. The van der Waals surface area contributed by atoms with Crippen molar-refractivity contribution in [3.05, 3.63) is 62.7 Å². The number of ether oxygens (including phenoxy) is 3. The van der Waals surface area contributed by atoms with Crippen LogP contribution in [0.3, 0.4) is 0 Å². The molecule has 1 aliphatic rings. The Hall–Kier alpha value is -2.88. The first-order valence-electron chi connectivity index (χ1n) is 10.2. The van der Waals surface area contributed by atoms with Gasteiger partial charge in [-0.1, -0.05) is 23.7 Å². The minimum atomic E-state index is -0.577. The van der Waals surface area contributed by atoms with Gasteiger partial charge in [0.05, 0.1) is 24.7 Å². The fraction of sp³-hybridized carbons (Fsp3) is 0.409. The minimum Gasteiger partial charge on any atom is -0.493 e. The Labute approximate surface area is 191 Å². The van der Waals surface area contributed by atoms with Crippen molar-refractivity contribution < 1.29 is 23.9 Å². The quantitative estimate of drug-likeness (QED) is 0.320. The molecule has 172 valence electrons. The summed E-state index contributed by atoms with van der Waals surface area (Å²) in [4.78, 5) is 28.1. The van der Waals surface area contributed by atoms with Crippen molar-refractivity contribution in [1.29, 1.82) is 0 Å². The van der Waals surface area contributed by atoms with Crippen molar-refractivity contribution in [2.45, 2.75) is 6.54 Å². The summed E-state index contributed by atoms with van der Waals surface area (Å²) in [6.45, 7) is 3.54. The van der Waals surface area contributed by atoms with Crippen LogP contribution in [-0.2, 0) is 11.3 Å². The number of piperazine rings is 1. The highest BCUT2D eigenvalue weighted by Crippen LogP contribution is 2.35. The molecule has 0 radical (unpaired) electrons. The normalized spacial score (nSPS) is 14.3. The van der Waals surface area contributed by atoms with Crippen LogP contribution in [0.5, 0.6) is 11.5 Å². The topological polar surface area (TPSA) is 94.4 Å². The van der Waals surface area contributed by atoms with Gasteiger partial charge in [-0.2, -0.15) is 0 Å². The molecule has 0 bridgehead atoms. The summed E-state index contributed by atoms with van der Waals surface area (Å²) in [6, 6.07) is 10.3. The monoisotopic (exact) mass is 463 g/mol. The smallest absolute Gasteiger partial charge is 0.286 e. The van der Waals surface area contributed by atoms with Crippen molar-refractivity contribution in [3.63, 3.8) is 0 Å².